The largest absolute Gasteiger partial charge is 0.299 e. The van der Waals surface area contributed by atoms with Crippen molar-refractivity contribution in [3.05, 3.63) is 76.6 Å². The Morgan fingerprint density at radius 1 is 1.08 bits per heavy atom. The Morgan fingerprint density at radius 3 is 2.69 bits per heavy atom. The normalized spacial score (nSPS) is 16.2. The predicted octanol–water partition coefficient (Wildman–Crippen LogP) is 3.45. The van der Waals surface area contributed by atoms with Gasteiger partial charge < -0.3 is 0 Å². The lowest BCUT2D eigenvalue weighted by Gasteiger charge is -2.32. The summed E-state index contributed by atoms with van der Waals surface area (Å²) in [6, 6.07) is 14.3. The highest BCUT2D eigenvalue weighted by atomic mass is 19.1. The number of benzene rings is 2. The lowest BCUT2D eigenvalue weighted by molar-refractivity contribution is 0.166. The van der Waals surface area contributed by atoms with E-state index in [4.69, 9.17) is 0 Å². The van der Waals surface area contributed by atoms with Crippen LogP contribution >= 0.6 is 0 Å². The van der Waals surface area contributed by atoms with E-state index in [-0.39, 0.29) is 11.4 Å². The number of aromatic nitrogens is 2. The van der Waals surface area contributed by atoms with E-state index in [1.54, 1.807) is 23.0 Å². The molecule has 0 amide bonds. The summed E-state index contributed by atoms with van der Waals surface area (Å²) in [6.45, 7) is 3.43. The van der Waals surface area contributed by atoms with Crippen LogP contribution in [0.25, 0.3) is 10.9 Å². The van der Waals surface area contributed by atoms with Crippen LogP contribution < -0.4 is 5.56 Å². The molecule has 26 heavy (non-hydrogen) atoms. The third kappa shape index (κ3) is 3.68. The zero-order valence-electron chi connectivity index (χ0n) is 14.6. The van der Waals surface area contributed by atoms with Crippen LogP contribution in [0.4, 0.5) is 4.39 Å². The molecule has 0 aliphatic carbocycles. The first-order chi connectivity index (χ1) is 12.7. The maximum Gasteiger partial charge on any atom is 0.261 e. The quantitative estimate of drug-likeness (QED) is 0.723. The SMILES string of the molecule is O=c1c2ccccc2ncn1CC1CCN(Cc2cccc(F)c2)CC1. The molecular formula is C21H22FN3O. The molecule has 1 saturated heterocycles. The highest BCUT2D eigenvalue weighted by Crippen LogP contribution is 2.20. The van der Waals surface area contributed by atoms with Crippen molar-refractivity contribution in [3.63, 3.8) is 0 Å². The van der Waals surface area contributed by atoms with Gasteiger partial charge in [-0.3, -0.25) is 14.3 Å². The zero-order chi connectivity index (χ0) is 17.9. The molecule has 5 heteroatoms. The molecule has 0 radical (unpaired) electrons. The molecule has 0 saturated carbocycles. The van der Waals surface area contributed by atoms with Crippen molar-refractivity contribution in [2.24, 2.45) is 5.92 Å². The number of fused-ring (bicyclic) bond motifs is 1. The van der Waals surface area contributed by atoms with Crippen LogP contribution in [0.2, 0.25) is 0 Å². The summed E-state index contributed by atoms with van der Waals surface area (Å²) >= 11 is 0. The van der Waals surface area contributed by atoms with E-state index in [1.165, 1.54) is 6.07 Å². The number of halogens is 1. The van der Waals surface area contributed by atoms with Gasteiger partial charge >= 0.3 is 0 Å². The van der Waals surface area contributed by atoms with Gasteiger partial charge in [-0.15, -0.1) is 0 Å². The molecule has 2 heterocycles. The van der Waals surface area contributed by atoms with Crippen LogP contribution in [0.3, 0.4) is 0 Å². The average molecular weight is 351 g/mol. The maximum absolute atomic E-state index is 13.3. The van der Waals surface area contributed by atoms with Gasteiger partial charge in [-0.05, 0) is 61.7 Å². The van der Waals surface area contributed by atoms with Gasteiger partial charge in [0.25, 0.3) is 5.56 Å². The summed E-state index contributed by atoms with van der Waals surface area (Å²) in [5.74, 6) is 0.292. The molecule has 1 aliphatic rings. The predicted molar refractivity (Wildman–Crippen MR) is 100 cm³/mol. The van der Waals surface area contributed by atoms with Crippen molar-refractivity contribution in [1.82, 2.24) is 14.5 Å². The fourth-order valence-corrected chi connectivity index (χ4v) is 3.73. The van der Waals surface area contributed by atoms with Crippen LogP contribution in [0.5, 0.6) is 0 Å². The Morgan fingerprint density at radius 2 is 1.88 bits per heavy atom. The lowest BCUT2D eigenvalue weighted by Crippen LogP contribution is -2.36. The van der Waals surface area contributed by atoms with Gasteiger partial charge in [-0.25, -0.2) is 9.37 Å². The topological polar surface area (TPSA) is 38.1 Å². The molecule has 1 aliphatic heterocycles. The molecule has 0 unspecified atom stereocenters. The molecule has 4 nitrogen and oxygen atoms in total. The average Bonchev–Trinajstić information content (AvgIpc) is 2.66. The van der Waals surface area contributed by atoms with Gasteiger partial charge in [-0.1, -0.05) is 24.3 Å². The summed E-state index contributed by atoms with van der Waals surface area (Å²) < 4.78 is 15.1. The van der Waals surface area contributed by atoms with E-state index in [0.29, 0.717) is 17.8 Å². The van der Waals surface area contributed by atoms with Crippen molar-refractivity contribution >= 4 is 10.9 Å². The number of nitrogens with zero attached hydrogens (tertiary/aromatic N) is 3. The molecule has 4 rings (SSSR count). The van der Waals surface area contributed by atoms with Gasteiger partial charge in [0.05, 0.1) is 17.2 Å². The van der Waals surface area contributed by atoms with Crippen molar-refractivity contribution in [2.75, 3.05) is 13.1 Å². The monoisotopic (exact) mass is 351 g/mol. The first kappa shape index (κ1) is 16.9. The molecule has 0 bridgehead atoms. The number of piperidine rings is 1. The smallest absolute Gasteiger partial charge is 0.261 e. The van der Waals surface area contributed by atoms with Crippen molar-refractivity contribution < 1.29 is 4.39 Å². The van der Waals surface area contributed by atoms with E-state index in [2.05, 4.69) is 9.88 Å². The minimum absolute atomic E-state index is 0.0396. The first-order valence-electron chi connectivity index (χ1n) is 9.10. The summed E-state index contributed by atoms with van der Waals surface area (Å²) in [6.07, 6.45) is 3.74. The molecule has 3 aromatic rings. The standard InChI is InChI=1S/C21H22FN3O/c22-18-5-3-4-17(12-18)13-24-10-8-16(9-11-24)14-25-15-23-20-7-2-1-6-19(20)21(25)26/h1-7,12,15-16H,8-11,13-14H2. The lowest BCUT2D eigenvalue weighted by atomic mass is 9.96. The van der Waals surface area contributed by atoms with Gasteiger partial charge in [0, 0.05) is 13.1 Å². The summed E-state index contributed by atoms with van der Waals surface area (Å²) in [5.41, 5.74) is 1.80. The molecule has 1 fully saturated rings. The van der Waals surface area contributed by atoms with Crippen LogP contribution in [0.15, 0.2) is 59.7 Å². The van der Waals surface area contributed by atoms with Crippen LogP contribution in [0.1, 0.15) is 18.4 Å². The Kier molecular flexibility index (Phi) is 4.80. The van der Waals surface area contributed by atoms with Gasteiger partial charge in [-0.2, -0.15) is 0 Å². The Bertz CT molecular complexity index is 961. The third-order valence-electron chi connectivity index (χ3n) is 5.19. The van der Waals surface area contributed by atoms with E-state index in [1.807, 2.05) is 30.3 Å². The summed E-state index contributed by atoms with van der Waals surface area (Å²) in [5, 5.41) is 0.679. The second-order valence-corrected chi connectivity index (χ2v) is 7.07. The Balaban J connectivity index is 1.38. The van der Waals surface area contributed by atoms with E-state index in [9.17, 15) is 9.18 Å². The van der Waals surface area contributed by atoms with Crippen LogP contribution in [-0.4, -0.2) is 27.5 Å². The van der Waals surface area contributed by atoms with Gasteiger partial charge in [0.15, 0.2) is 0 Å². The zero-order valence-corrected chi connectivity index (χ0v) is 14.6. The maximum atomic E-state index is 13.3. The molecule has 1 aromatic heterocycles. The Labute approximate surface area is 151 Å². The fraction of sp³-hybridized carbons (Fsp3) is 0.333. The van der Waals surface area contributed by atoms with Crippen molar-refractivity contribution in [3.8, 4) is 0 Å². The highest BCUT2D eigenvalue weighted by Gasteiger charge is 2.20. The fourth-order valence-electron chi connectivity index (χ4n) is 3.73. The van der Waals surface area contributed by atoms with E-state index in [0.717, 1.165) is 43.6 Å². The van der Waals surface area contributed by atoms with E-state index < -0.39 is 0 Å². The highest BCUT2D eigenvalue weighted by molar-refractivity contribution is 5.76. The second-order valence-electron chi connectivity index (χ2n) is 7.07. The number of rotatable bonds is 4. The molecule has 134 valence electrons. The number of para-hydroxylation sites is 1. The number of likely N-dealkylation sites (tertiary alicyclic amines) is 1. The van der Waals surface area contributed by atoms with E-state index >= 15 is 0 Å². The minimum Gasteiger partial charge on any atom is -0.299 e. The van der Waals surface area contributed by atoms with Crippen molar-refractivity contribution in [1.29, 1.82) is 0 Å². The summed E-state index contributed by atoms with van der Waals surface area (Å²) in [4.78, 5) is 19.4. The van der Waals surface area contributed by atoms with Crippen LogP contribution in [0, 0.1) is 11.7 Å². The first-order valence-corrected chi connectivity index (χ1v) is 9.10. The Hall–Kier alpha value is -2.53. The third-order valence-corrected chi connectivity index (χ3v) is 5.19. The molecule has 0 N–H and O–H groups in total. The number of hydrogen-bond acceptors (Lipinski definition) is 3. The number of hydrogen-bond donors (Lipinski definition) is 0. The summed E-state index contributed by atoms with van der Waals surface area (Å²) in [7, 11) is 0. The van der Waals surface area contributed by atoms with Crippen LogP contribution in [-0.2, 0) is 13.1 Å². The molecule has 0 spiro atoms. The second kappa shape index (κ2) is 7.38. The molecular weight excluding hydrogens is 329 g/mol. The van der Waals surface area contributed by atoms with Gasteiger partial charge in [0.2, 0.25) is 0 Å². The van der Waals surface area contributed by atoms with Gasteiger partial charge in [0.1, 0.15) is 5.82 Å². The molecule has 2 aromatic carbocycles. The van der Waals surface area contributed by atoms with Crippen molar-refractivity contribution in [2.45, 2.75) is 25.9 Å². The minimum atomic E-state index is -0.180. The molecule has 0 atom stereocenters.